The van der Waals surface area contributed by atoms with Crippen LogP contribution in [0.3, 0.4) is 0 Å². The quantitative estimate of drug-likeness (QED) is 0.630. The van der Waals surface area contributed by atoms with E-state index >= 15 is 0 Å². The van der Waals surface area contributed by atoms with Gasteiger partial charge in [0.25, 0.3) is 0 Å². The number of hydrogen-bond acceptors (Lipinski definition) is 2. The van der Waals surface area contributed by atoms with Crippen LogP contribution in [-0.2, 0) is 0 Å². The summed E-state index contributed by atoms with van der Waals surface area (Å²) in [5, 5.41) is 0. The van der Waals surface area contributed by atoms with Crippen molar-refractivity contribution in [3.63, 3.8) is 0 Å². The third-order valence-corrected chi connectivity index (χ3v) is 4.66. The minimum absolute atomic E-state index is 0.406. The number of rotatable bonds is 8. The van der Waals surface area contributed by atoms with Gasteiger partial charge in [0.15, 0.2) is 0 Å². The Hall–Kier alpha value is 0.310. The summed E-state index contributed by atoms with van der Waals surface area (Å²) in [5.74, 6) is 1.78. The molecule has 0 saturated carbocycles. The molecule has 0 aliphatic heterocycles. The molecule has 0 aromatic heterocycles. The first-order chi connectivity index (χ1) is 7.40. The van der Waals surface area contributed by atoms with Crippen LogP contribution in [0.25, 0.3) is 0 Å². The lowest BCUT2D eigenvalue weighted by atomic mass is 9.83. The lowest BCUT2D eigenvalue weighted by Gasteiger charge is -2.37. The maximum Gasteiger partial charge on any atom is 0.00665 e. The number of hydrogen-bond donors (Lipinski definition) is 1. The van der Waals surface area contributed by atoms with E-state index in [-0.39, 0.29) is 0 Å². The zero-order valence-electron chi connectivity index (χ0n) is 12.1. The van der Waals surface area contributed by atoms with Gasteiger partial charge in [0, 0.05) is 12.6 Å². The molecule has 0 amide bonds. The van der Waals surface area contributed by atoms with Crippen LogP contribution in [0.15, 0.2) is 0 Å². The van der Waals surface area contributed by atoms with Gasteiger partial charge in [0.05, 0.1) is 0 Å². The first kappa shape index (κ1) is 16.3. The zero-order valence-corrected chi connectivity index (χ0v) is 13.0. The Morgan fingerprint density at radius 2 is 1.62 bits per heavy atom. The minimum atomic E-state index is 0.406. The molecule has 0 fully saturated rings. The molecule has 16 heavy (non-hydrogen) atoms. The van der Waals surface area contributed by atoms with Crippen LogP contribution in [0.1, 0.15) is 53.9 Å². The molecule has 0 heterocycles. The average Bonchev–Trinajstić information content (AvgIpc) is 2.25. The highest BCUT2D eigenvalue weighted by Gasteiger charge is 2.27. The van der Waals surface area contributed by atoms with Crippen molar-refractivity contribution in [1.82, 2.24) is 4.90 Å². The molecular formula is C14H31NS. The molecule has 0 radical (unpaired) electrons. The highest BCUT2D eigenvalue weighted by molar-refractivity contribution is 7.80. The Balaban J connectivity index is 4.33. The molecule has 0 saturated heterocycles. The van der Waals surface area contributed by atoms with Crippen molar-refractivity contribution in [2.75, 3.05) is 19.3 Å². The lowest BCUT2D eigenvalue weighted by molar-refractivity contribution is 0.138. The maximum absolute atomic E-state index is 4.55. The molecule has 0 bridgehead atoms. The topological polar surface area (TPSA) is 3.24 Å². The Bertz CT molecular complexity index is 167. The minimum Gasteiger partial charge on any atom is -0.303 e. The van der Waals surface area contributed by atoms with Crippen molar-refractivity contribution in [1.29, 1.82) is 0 Å². The molecule has 0 spiro atoms. The van der Waals surface area contributed by atoms with Crippen molar-refractivity contribution >= 4 is 12.6 Å². The third-order valence-electron chi connectivity index (χ3n) is 3.99. The Morgan fingerprint density at radius 1 is 1.12 bits per heavy atom. The van der Waals surface area contributed by atoms with Gasteiger partial charge in [0.2, 0.25) is 0 Å². The molecule has 1 atom stereocenters. The third kappa shape index (κ3) is 5.09. The lowest BCUT2D eigenvalue weighted by Crippen LogP contribution is -2.41. The van der Waals surface area contributed by atoms with Gasteiger partial charge in [0.1, 0.15) is 0 Å². The van der Waals surface area contributed by atoms with E-state index in [2.05, 4.69) is 59.2 Å². The highest BCUT2D eigenvalue weighted by atomic mass is 32.1. The van der Waals surface area contributed by atoms with Gasteiger partial charge in [-0.05, 0) is 50.3 Å². The molecule has 0 aromatic carbocycles. The first-order valence-corrected chi connectivity index (χ1v) is 7.35. The highest BCUT2D eigenvalue weighted by Crippen LogP contribution is 2.29. The smallest absolute Gasteiger partial charge is 0.00665 e. The van der Waals surface area contributed by atoms with Gasteiger partial charge in [-0.25, -0.2) is 0 Å². The van der Waals surface area contributed by atoms with Crippen LogP contribution in [0, 0.1) is 11.3 Å². The van der Waals surface area contributed by atoms with Gasteiger partial charge < -0.3 is 4.90 Å². The number of nitrogens with zero attached hydrogens (tertiary/aromatic N) is 1. The normalized spacial score (nSPS) is 14.8. The van der Waals surface area contributed by atoms with Crippen LogP contribution in [0.5, 0.6) is 0 Å². The van der Waals surface area contributed by atoms with E-state index in [0.29, 0.717) is 11.5 Å². The second-order valence-corrected chi connectivity index (χ2v) is 6.08. The summed E-state index contributed by atoms with van der Waals surface area (Å²) in [5.41, 5.74) is 0.406. The monoisotopic (exact) mass is 245 g/mol. The second-order valence-electron chi connectivity index (χ2n) is 5.76. The van der Waals surface area contributed by atoms with Gasteiger partial charge >= 0.3 is 0 Å². The van der Waals surface area contributed by atoms with Gasteiger partial charge in [-0.3, -0.25) is 0 Å². The fourth-order valence-corrected chi connectivity index (χ4v) is 2.84. The summed E-state index contributed by atoms with van der Waals surface area (Å²) < 4.78 is 0. The van der Waals surface area contributed by atoms with Gasteiger partial charge in [-0.15, -0.1) is 0 Å². The molecule has 2 heteroatoms. The predicted molar refractivity (Wildman–Crippen MR) is 78.4 cm³/mol. The van der Waals surface area contributed by atoms with Crippen molar-refractivity contribution in [2.24, 2.45) is 11.3 Å². The molecule has 0 N–H and O–H groups in total. The predicted octanol–water partition coefficient (Wildman–Crippen LogP) is 4.09. The summed E-state index contributed by atoms with van der Waals surface area (Å²) in [7, 11) is 2.26. The Labute approximate surface area is 108 Å². The SMILES string of the molecule is CCC(CC)(CS)CN(C)C(C)CC(C)C. The molecule has 1 unspecified atom stereocenters. The van der Waals surface area contributed by atoms with E-state index in [1.165, 1.54) is 25.8 Å². The van der Waals surface area contributed by atoms with E-state index in [1.807, 2.05) is 0 Å². The van der Waals surface area contributed by atoms with Crippen LogP contribution in [0.4, 0.5) is 0 Å². The Morgan fingerprint density at radius 3 is 1.94 bits per heavy atom. The molecule has 98 valence electrons. The zero-order chi connectivity index (χ0) is 12.8. The summed E-state index contributed by atoms with van der Waals surface area (Å²) in [4.78, 5) is 2.52. The summed E-state index contributed by atoms with van der Waals surface area (Å²) in [6.07, 6.45) is 3.74. The maximum atomic E-state index is 4.55. The van der Waals surface area contributed by atoms with Crippen molar-refractivity contribution in [3.8, 4) is 0 Å². The van der Waals surface area contributed by atoms with Crippen LogP contribution < -0.4 is 0 Å². The first-order valence-electron chi connectivity index (χ1n) is 6.71. The molecule has 0 aromatic rings. The molecule has 0 aliphatic carbocycles. The second kappa shape index (κ2) is 7.60. The molecule has 0 aliphatic rings. The Kier molecular flexibility index (Phi) is 7.75. The molecule has 0 rings (SSSR count). The van der Waals surface area contributed by atoms with Crippen LogP contribution in [0.2, 0.25) is 0 Å². The van der Waals surface area contributed by atoms with Gasteiger partial charge in [-0.2, -0.15) is 12.6 Å². The van der Waals surface area contributed by atoms with Crippen molar-refractivity contribution < 1.29 is 0 Å². The summed E-state index contributed by atoms with van der Waals surface area (Å²) in [6.45, 7) is 12.7. The fourth-order valence-electron chi connectivity index (χ4n) is 2.29. The van der Waals surface area contributed by atoms with Crippen molar-refractivity contribution in [2.45, 2.75) is 59.9 Å². The van der Waals surface area contributed by atoms with E-state index < -0.39 is 0 Å². The molecular weight excluding hydrogens is 214 g/mol. The van der Waals surface area contributed by atoms with E-state index in [4.69, 9.17) is 0 Å². The van der Waals surface area contributed by atoms with E-state index in [9.17, 15) is 0 Å². The standard InChI is InChI=1S/C14H31NS/c1-7-14(8-2,11-16)10-15(6)13(5)9-12(3)4/h12-13,16H,7-11H2,1-6H3. The summed E-state index contributed by atoms with van der Waals surface area (Å²) in [6, 6.07) is 0.678. The molecule has 1 nitrogen and oxygen atoms in total. The fraction of sp³-hybridized carbons (Fsp3) is 1.00. The van der Waals surface area contributed by atoms with Crippen LogP contribution >= 0.6 is 12.6 Å². The van der Waals surface area contributed by atoms with E-state index in [0.717, 1.165) is 11.7 Å². The number of thiol groups is 1. The van der Waals surface area contributed by atoms with Gasteiger partial charge in [-0.1, -0.05) is 27.7 Å². The van der Waals surface area contributed by atoms with Crippen molar-refractivity contribution in [3.05, 3.63) is 0 Å². The largest absolute Gasteiger partial charge is 0.303 e. The van der Waals surface area contributed by atoms with Crippen LogP contribution in [-0.4, -0.2) is 30.3 Å². The average molecular weight is 245 g/mol. The van der Waals surface area contributed by atoms with E-state index in [1.54, 1.807) is 0 Å². The summed E-state index contributed by atoms with van der Waals surface area (Å²) >= 11 is 4.55.